The number of hydrogen-bond acceptors (Lipinski definition) is 3. The highest BCUT2D eigenvalue weighted by molar-refractivity contribution is 5.98. The molecule has 2 N–H and O–H groups in total. The van der Waals surface area contributed by atoms with Gasteiger partial charge in [-0.05, 0) is 42.3 Å². The van der Waals surface area contributed by atoms with Crippen LogP contribution in [0.4, 0.5) is 11.4 Å². The van der Waals surface area contributed by atoms with E-state index in [2.05, 4.69) is 10.6 Å². The summed E-state index contributed by atoms with van der Waals surface area (Å²) in [7, 11) is 1.64. The molecule has 2 aromatic carbocycles. The first-order chi connectivity index (χ1) is 10.2. The lowest BCUT2D eigenvalue weighted by molar-refractivity contribution is -0.116. The van der Waals surface area contributed by atoms with E-state index in [9.17, 15) is 4.79 Å². The van der Waals surface area contributed by atoms with Crippen molar-refractivity contribution in [3.05, 3.63) is 53.6 Å². The molecule has 1 atom stereocenters. The molecule has 0 spiro atoms. The van der Waals surface area contributed by atoms with Crippen molar-refractivity contribution in [1.29, 1.82) is 0 Å². The highest BCUT2D eigenvalue weighted by atomic mass is 16.5. The summed E-state index contributed by atoms with van der Waals surface area (Å²) in [6.45, 7) is 1.96. The molecule has 21 heavy (non-hydrogen) atoms. The number of carbonyl (C=O) groups is 1. The topological polar surface area (TPSA) is 50.4 Å². The Morgan fingerprint density at radius 3 is 2.81 bits per heavy atom. The molecule has 0 aliphatic carbocycles. The van der Waals surface area contributed by atoms with Gasteiger partial charge in [-0.3, -0.25) is 4.79 Å². The van der Waals surface area contributed by atoms with Gasteiger partial charge >= 0.3 is 0 Å². The molecule has 1 amide bonds. The van der Waals surface area contributed by atoms with Crippen LogP contribution in [0.25, 0.3) is 0 Å². The van der Waals surface area contributed by atoms with Crippen LogP contribution in [0, 0.1) is 6.92 Å². The number of nitrogens with one attached hydrogen (secondary N) is 2. The number of carbonyl (C=O) groups excluding carboxylic acids is 1. The maximum Gasteiger partial charge on any atom is 0.247 e. The standard InChI is InChI=1S/C17H18N2O2/c1-11-9-13(7-8-16(11)21-2)18-17(20)15-10-12-5-3-4-6-14(12)19-15/h3-9,15,19H,10H2,1-2H3,(H,18,20). The van der Waals surface area contributed by atoms with Gasteiger partial charge in [0.2, 0.25) is 5.91 Å². The average Bonchev–Trinajstić information content (AvgIpc) is 2.91. The third-order valence-electron chi connectivity index (χ3n) is 3.75. The third-order valence-corrected chi connectivity index (χ3v) is 3.75. The lowest BCUT2D eigenvalue weighted by Crippen LogP contribution is -2.32. The minimum atomic E-state index is -0.218. The van der Waals surface area contributed by atoms with Gasteiger partial charge in [0.1, 0.15) is 11.8 Å². The number of anilines is 2. The Balaban J connectivity index is 1.69. The Bertz CT molecular complexity index is 657. The van der Waals surface area contributed by atoms with Crippen molar-refractivity contribution in [1.82, 2.24) is 0 Å². The second-order valence-electron chi connectivity index (χ2n) is 5.23. The van der Waals surface area contributed by atoms with E-state index in [-0.39, 0.29) is 11.9 Å². The predicted octanol–water partition coefficient (Wildman–Crippen LogP) is 2.98. The maximum absolute atomic E-state index is 12.3. The molecule has 108 valence electrons. The van der Waals surface area contributed by atoms with Crippen molar-refractivity contribution in [2.45, 2.75) is 19.4 Å². The van der Waals surface area contributed by atoms with Crippen LogP contribution < -0.4 is 15.4 Å². The summed E-state index contributed by atoms with van der Waals surface area (Å²) in [6, 6.07) is 13.4. The van der Waals surface area contributed by atoms with E-state index >= 15 is 0 Å². The number of amides is 1. The predicted molar refractivity (Wildman–Crippen MR) is 83.9 cm³/mol. The Labute approximate surface area is 124 Å². The maximum atomic E-state index is 12.3. The average molecular weight is 282 g/mol. The molecule has 0 saturated heterocycles. The Kier molecular flexibility index (Phi) is 3.52. The number of hydrogen-bond donors (Lipinski definition) is 2. The summed E-state index contributed by atoms with van der Waals surface area (Å²) < 4.78 is 5.22. The fourth-order valence-electron chi connectivity index (χ4n) is 2.64. The van der Waals surface area contributed by atoms with E-state index in [1.165, 1.54) is 5.56 Å². The van der Waals surface area contributed by atoms with E-state index in [1.807, 2.05) is 49.4 Å². The van der Waals surface area contributed by atoms with Crippen molar-refractivity contribution < 1.29 is 9.53 Å². The van der Waals surface area contributed by atoms with Crippen molar-refractivity contribution >= 4 is 17.3 Å². The second-order valence-corrected chi connectivity index (χ2v) is 5.23. The van der Waals surface area contributed by atoms with Crippen LogP contribution in [-0.2, 0) is 11.2 Å². The second kappa shape index (κ2) is 5.48. The van der Waals surface area contributed by atoms with Crippen molar-refractivity contribution in [2.24, 2.45) is 0 Å². The molecule has 1 aliphatic rings. The molecule has 1 unspecified atom stereocenters. The summed E-state index contributed by atoms with van der Waals surface area (Å²) in [5, 5.41) is 6.21. The summed E-state index contributed by atoms with van der Waals surface area (Å²) in [5.74, 6) is 0.801. The third kappa shape index (κ3) is 2.70. The van der Waals surface area contributed by atoms with Crippen molar-refractivity contribution in [2.75, 3.05) is 17.7 Å². The molecule has 0 radical (unpaired) electrons. The van der Waals surface area contributed by atoms with Gasteiger partial charge in [-0.1, -0.05) is 18.2 Å². The SMILES string of the molecule is COc1ccc(NC(=O)C2Cc3ccccc3N2)cc1C. The van der Waals surface area contributed by atoms with E-state index in [0.29, 0.717) is 0 Å². The minimum absolute atomic E-state index is 0.0178. The summed E-state index contributed by atoms with van der Waals surface area (Å²) in [4.78, 5) is 12.3. The van der Waals surface area contributed by atoms with Crippen LogP contribution in [0.1, 0.15) is 11.1 Å². The van der Waals surface area contributed by atoms with Gasteiger partial charge in [0, 0.05) is 17.8 Å². The molecule has 3 rings (SSSR count). The lowest BCUT2D eigenvalue weighted by atomic mass is 10.1. The number of para-hydroxylation sites is 1. The van der Waals surface area contributed by atoms with Crippen LogP contribution >= 0.6 is 0 Å². The van der Waals surface area contributed by atoms with Gasteiger partial charge in [0.15, 0.2) is 0 Å². The largest absolute Gasteiger partial charge is 0.496 e. The van der Waals surface area contributed by atoms with Gasteiger partial charge in [0.25, 0.3) is 0 Å². The van der Waals surface area contributed by atoms with Gasteiger partial charge < -0.3 is 15.4 Å². The van der Waals surface area contributed by atoms with Crippen LogP contribution in [0.2, 0.25) is 0 Å². The molecular formula is C17H18N2O2. The molecule has 0 bridgehead atoms. The zero-order valence-corrected chi connectivity index (χ0v) is 12.1. The number of rotatable bonds is 3. The van der Waals surface area contributed by atoms with Gasteiger partial charge in [0.05, 0.1) is 7.11 Å². The molecule has 0 fully saturated rings. The number of methoxy groups -OCH3 is 1. The van der Waals surface area contributed by atoms with Crippen molar-refractivity contribution in [3.8, 4) is 5.75 Å². The first-order valence-corrected chi connectivity index (χ1v) is 6.97. The lowest BCUT2D eigenvalue weighted by Gasteiger charge is -2.13. The highest BCUT2D eigenvalue weighted by Gasteiger charge is 2.26. The molecule has 1 aliphatic heterocycles. The normalized spacial score (nSPS) is 16.0. The zero-order chi connectivity index (χ0) is 14.8. The first-order valence-electron chi connectivity index (χ1n) is 6.97. The Hall–Kier alpha value is -2.49. The molecule has 1 heterocycles. The summed E-state index contributed by atoms with van der Waals surface area (Å²) in [6.07, 6.45) is 0.719. The van der Waals surface area contributed by atoms with E-state index in [0.717, 1.165) is 29.1 Å². The molecule has 2 aromatic rings. The monoisotopic (exact) mass is 282 g/mol. The van der Waals surface area contributed by atoms with E-state index < -0.39 is 0 Å². The van der Waals surface area contributed by atoms with Crippen molar-refractivity contribution in [3.63, 3.8) is 0 Å². The number of ether oxygens (including phenoxy) is 1. The van der Waals surface area contributed by atoms with Gasteiger partial charge in [-0.25, -0.2) is 0 Å². The highest BCUT2D eigenvalue weighted by Crippen LogP contribution is 2.26. The van der Waals surface area contributed by atoms with Crippen LogP contribution in [-0.4, -0.2) is 19.1 Å². The molecular weight excluding hydrogens is 264 g/mol. The fourth-order valence-corrected chi connectivity index (χ4v) is 2.64. The fraction of sp³-hybridized carbons (Fsp3) is 0.235. The first kappa shape index (κ1) is 13.5. The summed E-state index contributed by atoms with van der Waals surface area (Å²) in [5.41, 5.74) is 4.01. The van der Waals surface area contributed by atoms with Crippen LogP contribution in [0.15, 0.2) is 42.5 Å². The number of benzene rings is 2. The molecule has 4 nitrogen and oxygen atoms in total. The smallest absolute Gasteiger partial charge is 0.247 e. The van der Waals surface area contributed by atoms with E-state index in [4.69, 9.17) is 4.74 Å². The van der Waals surface area contributed by atoms with Crippen LogP contribution in [0.3, 0.4) is 0 Å². The molecule has 4 heteroatoms. The Morgan fingerprint density at radius 2 is 2.10 bits per heavy atom. The zero-order valence-electron chi connectivity index (χ0n) is 12.1. The number of fused-ring (bicyclic) bond motifs is 1. The molecule has 0 saturated carbocycles. The van der Waals surface area contributed by atoms with Crippen LogP contribution in [0.5, 0.6) is 5.75 Å². The Morgan fingerprint density at radius 1 is 1.29 bits per heavy atom. The number of aryl methyl sites for hydroxylation is 1. The van der Waals surface area contributed by atoms with Gasteiger partial charge in [-0.15, -0.1) is 0 Å². The minimum Gasteiger partial charge on any atom is -0.496 e. The molecule has 0 aromatic heterocycles. The van der Waals surface area contributed by atoms with E-state index in [1.54, 1.807) is 7.11 Å². The van der Waals surface area contributed by atoms with Gasteiger partial charge in [-0.2, -0.15) is 0 Å². The quantitative estimate of drug-likeness (QED) is 0.910. The summed E-state index contributed by atoms with van der Waals surface area (Å²) >= 11 is 0.